The smallest absolute Gasteiger partial charge is 0.125 e. The van der Waals surface area contributed by atoms with Crippen molar-refractivity contribution in [2.45, 2.75) is 19.8 Å². The lowest BCUT2D eigenvalue weighted by molar-refractivity contribution is 0.922. The maximum absolute atomic E-state index is 8.55. The lowest BCUT2D eigenvalue weighted by atomic mass is 10.1. The van der Waals surface area contributed by atoms with E-state index in [0.717, 1.165) is 11.4 Å². The van der Waals surface area contributed by atoms with Crippen LogP contribution >= 0.6 is 0 Å². The molecule has 1 heterocycles. The molecule has 11 heavy (non-hydrogen) atoms. The van der Waals surface area contributed by atoms with Crippen LogP contribution < -0.4 is 0 Å². The van der Waals surface area contributed by atoms with Crippen LogP contribution in [-0.2, 0) is 0 Å². The van der Waals surface area contributed by atoms with Crippen molar-refractivity contribution in [3.63, 3.8) is 0 Å². The van der Waals surface area contributed by atoms with E-state index in [-0.39, 0.29) is 5.92 Å². The number of aromatic nitrogens is 2. The molecule has 0 bridgehead atoms. The molecule has 1 atom stereocenters. The van der Waals surface area contributed by atoms with E-state index in [1.807, 2.05) is 13.8 Å². The topological polar surface area (TPSA) is 49.6 Å². The summed E-state index contributed by atoms with van der Waals surface area (Å²) in [5, 5.41) is 8.55. The molecule has 0 amide bonds. The molecular formula is C8H9N3. The normalized spacial score (nSPS) is 12.1. The molecule has 56 valence electrons. The van der Waals surface area contributed by atoms with E-state index in [9.17, 15) is 0 Å². The van der Waals surface area contributed by atoms with Crippen LogP contribution in [0.15, 0.2) is 12.4 Å². The van der Waals surface area contributed by atoms with Crippen LogP contribution in [0.4, 0.5) is 0 Å². The quantitative estimate of drug-likeness (QED) is 0.603. The van der Waals surface area contributed by atoms with Crippen LogP contribution in [0.2, 0.25) is 0 Å². The van der Waals surface area contributed by atoms with Crippen molar-refractivity contribution in [1.29, 1.82) is 5.26 Å². The zero-order valence-corrected chi connectivity index (χ0v) is 6.57. The second-order valence-electron chi connectivity index (χ2n) is 2.41. The molecule has 0 aliphatic rings. The fraction of sp³-hybridized carbons (Fsp3) is 0.375. The van der Waals surface area contributed by atoms with Gasteiger partial charge >= 0.3 is 0 Å². The largest absolute Gasteiger partial charge is 0.241 e. The minimum atomic E-state index is -0.115. The van der Waals surface area contributed by atoms with Gasteiger partial charge in [-0.05, 0) is 13.8 Å². The molecule has 0 spiro atoms. The highest BCUT2D eigenvalue weighted by Gasteiger charge is 2.02. The monoisotopic (exact) mass is 147 g/mol. The Morgan fingerprint density at radius 1 is 1.45 bits per heavy atom. The zero-order chi connectivity index (χ0) is 8.27. The van der Waals surface area contributed by atoms with Crippen LogP contribution in [-0.4, -0.2) is 9.97 Å². The molecule has 0 radical (unpaired) electrons. The fourth-order valence-corrected chi connectivity index (χ4v) is 0.701. The number of nitriles is 1. The van der Waals surface area contributed by atoms with E-state index in [4.69, 9.17) is 5.26 Å². The van der Waals surface area contributed by atoms with Gasteiger partial charge in [-0.3, -0.25) is 0 Å². The predicted molar refractivity (Wildman–Crippen MR) is 40.8 cm³/mol. The van der Waals surface area contributed by atoms with Crippen LogP contribution in [0.5, 0.6) is 0 Å². The summed E-state index contributed by atoms with van der Waals surface area (Å²) in [6.07, 6.45) is 3.38. The second kappa shape index (κ2) is 3.11. The molecule has 1 aromatic rings. The molecule has 0 aliphatic carbocycles. The summed E-state index contributed by atoms with van der Waals surface area (Å²) in [7, 11) is 0. The number of rotatable bonds is 1. The third-order valence-electron chi connectivity index (χ3n) is 1.49. The fourth-order valence-electron chi connectivity index (χ4n) is 0.701. The van der Waals surface area contributed by atoms with Crippen molar-refractivity contribution in [3.8, 4) is 6.07 Å². The Bertz CT molecular complexity index is 270. The van der Waals surface area contributed by atoms with Crippen molar-refractivity contribution >= 4 is 0 Å². The van der Waals surface area contributed by atoms with Crippen LogP contribution in [0, 0.1) is 18.3 Å². The molecule has 0 saturated carbocycles. The minimum absolute atomic E-state index is 0.115. The summed E-state index contributed by atoms with van der Waals surface area (Å²) in [5.41, 5.74) is 0.873. The molecule has 3 heteroatoms. The number of hydrogen-bond acceptors (Lipinski definition) is 3. The highest BCUT2D eigenvalue weighted by molar-refractivity contribution is 5.17. The molecular weight excluding hydrogens is 138 g/mol. The number of aryl methyl sites for hydroxylation is 1. The Balaban J connectivity index is 2.92. The molecule has 0 N–H and O–H groups in total. The zero-order valence-electron chi connectivity index (χ0n) is 6.57. The van der Waals surface area contributed by atoms with Crippen molar-refractivity contribution in [2.75, 3.05) is 0 Å². The molecule has 0 saturated heterocycles. The standard InChI is InChI=1S/C8H9N3/c1-6(3-9)8-4-10-7(2)11-5-8/h4-6H,1-2H3. The summed E-state index contributed by atoms with van der Waals surface area (Å²) < 4.78 is 0. The Kier molecular flexibility index (Phi) is 2.17. The molecule has 1 rings (SSSR count). The van der Waals surface area contributed by atoms with Crippen LogP contribution in [0.3, 0.4) is 0 Å². The molecule has 0 aromatic carbocycles. The van der Waals surface area contributed by atoms with Crippen molar-refractivity contribution in [1.82, 2.24) is 9.97 Å². The van der Waals surface area contributed by atoms with Gasteiger partial charge in [-0.2, -0.15) is 5.26 Å². The van der Waals surface area contributed by atoms with Gasteiger partial charge in [0.05, 0.1) is 12.0 Å². The van der Waals surface area contributed by atoms with Gasteiger partial charge in [0.25, 0.3) is 0 Å². The predicted octanol–water partition coefficient (Wildman–Crippen LogP) is 1.41. The van der Waals surface area contributed by atoms with Crippen LogP contribution in [0.25, 0.3) is 0 Å². The van der Waals surface area contributed by atoms with Gasteiger partial charge in [0.1, 0.15) is 5.82 Å². The first-order chi connectivity index (χ1) is 5.24. The minimum Gasteiger partial charge on any atom is -0.241 e. The van der Waals surface area contributed by atoms with Gasteiger partial charge in [0.2, 0.25) is 0 Å². The number of nitrogens with zero attached hydrogens (tertiary/aromatic N) is 3. The molecule has 0 fully saturated rings. The first kappa shape index (κ1) is 7.67. The van der Waals surface area contributed by atoms with E-state index in [2.05, 4.69) is 16.0 Å². The average molecular weight is 147 g/mol. The van der Waals surface area contributed by atoms with Crippen molar-refractivity contribution in [2.24, 2.45) is 0 Å². The van der Waals surface area contributed by atoms with Gasteiger partial charge in [-0.25, -0.2) is 9.97 Å². The van der Waals surface area contributed by atoms with E-state index < -0.39 is 0 Å². The van der Waals surface area contributed by atoms with Gasteiger partial charge in [-0.1, -0.05) is 0 Å². The van der Waals surface area contributed by atoms with Crippen molar-refractivity contribution in [3.05, 3.63) is 23.8 Å². The summed E-state index contributed by atoms with van der Waals surface area (Å²) in [6.45, 7) is 3.65. The summed E-state index contributed by atoms with van der Waals surface area (Å²) >= 11 is 0. The lowest BCUT2D eigenvalue weighted by Gasteiger charge is -1.99. The lowest BCUT2D eigenvalue weighted by Crippen LogP contribution is -1.94. The first-order valence-corrected chi connectivity index (χ1v) is 3.42. The maximum Gasteiger partial charge on any atom is 0.125 e. The van der Waals surface area contributed by atoms with Gasteiger partial charge < -0.3 is 0 Å². The average Bonchev–Trinajstić information content (AvgIpc) is 2.05. The maximum atomic E-state index is 8.55. The first-order valence-electron chi connectivity index (χ1n) is 3.42. The van der Waals surface area contributed by atoms with E-state index >= 15 is 0 Å². The second-order valence-corrected chi connectivity index (χ2v) is 2.41. The molecule has 0 aliphatic heterocycles. The summed E-state index contributed by atoms with van der Waals surface area (Å²) in [6, 6.07) is 2.12. The van der Waals surface area contributed by atoms with Crippen molar-refractivity contribution < 1.29 is 0 Å². The highest BCUT2D eigenvalue weighted by atomic mass is 14.8. The Hall–Kier alpha value is -1.43. The Morgan fingerprint density at radius 2 is 2.00 bits per heavy atom. The van der Waals surface area contributed by atoms with Gasteiger partial charge in [-0.15, -0.1) is 0 Å². The third-order valence-corrected chi connectivity index (χ3v) is 1.49. The Morgan fingerprint density at radius 3 is 2.45 bits per heavy atom. The summed E-state index contributed by atoms with van der Waals surface area (Å²) in [5.74, 6) is 0.620. The van der Waals surface area contributed by atoms with Gasteiger partial charge in [0, 0.05) is 18.0 Å². The Labute approximate surface area is 65.7 Å². The number of hydrogen-bond donors (Lipinski definition) is 0. The molecule has 1 unspecified atom stereocenters. The molecule has 3 nitrogen and oxygen atoms in total. The third kappa shape index (κ3) is 1.74. The van der Waals surface area contributed by atoms with E-state index in [1.54, 1.807) is 12.4 Å². The highest BCUT2D eigenvalue weighted by Crippen LogP contribution is 2.10. The SMILES string of the molecule is Cc1ncc(C(C)C#N)cn1. The summed E-state index contributed by atoms with van der Waals surface area (Å²) in [4.78, 5) is 7.97. The van der Waals surface area contributed by atoms with Gasteiger partial charge in [0.15, 0.2) is 0 Å². The van der Waals surface area contributed by atoms with E-state index in [1.165, 1.54) is 0 Å². The van der Waals surface area contributed by atoms with E-state index in [0.29, 0.717) is 0 Å². The molecule has 1 aromatic heterocycles. The van der Waals surface area contributed by atoms with Crippen LogP contribution in [0.1, 0.15) is 24.2 Å².